The van der Waals surface area contributed by atoms with Crippen LogP contribution in [0.3, 0.4) is 0 Å². The monoisotopic (exact) mass is 359 g/mol. The Morgan fingerprint density at radius 1 is 1.15 bits per heavy atom. The van der Waals surface area contributed by atoms with E-state index in [-0.39, 0.29) is 0 Å². The minimum Gasteiger partial charge on any atom is -0.461 e. The molecule has 0 spiro atoms. The number of hydrogen-bond acceptors (Lipinski definition) is 6. The van der Waals surface area contributed by atoms with E-state index >= 15 is 0 Å². The van der Waals surface area contributed by atoms with E-state index in [9.17, 15) is 10.1 Å². The van der Waals surface area contributed by atoms with Crippen molar-refractivity contribution in [1.82, 2.24) is 9.97 Å². The van der Waals surface area contributed by atoms with Crippen molar-refractivity contribution in [1.29, 1.82) is 5.26 Å². The van der Waals surface area contributed by atoms with Crippen LogP contribution in [0.4, 0.5) is 0 Å². The van der Waals surface area contributed by atoms with Gasteiger partial charge in [0.1, 0.15) is 5.52 Å². The summed E-state index contributed by atoms with van der Waals surface area (Å²) in [7, 11) is 0. The molecule has 2 aromatic carbocycles. The van der Waals surface area contributed by atoms with Gasteiger partial charge in [-0.3, -0.25) is 4.98 Å². The molecule has 26 heavy (non-hydrogen) atoms. The molecule has 2 heterocycles. The Morgan fingerprint density at radius 3 is 2.73 bits per heavy atom. The lowest BCUT2D eigenvalue weighted by atomic mass is 9.96. The number of benzene rings is 2. The predicted octanol–water partition coefficient (Wildman–Crippen LogP) is 4.56. The van der Waals surface area contributed by atoms with Crippen molar-refractivity contribution in [2.45, 2.75) is 6.92 Å². The minimum absolute atomic E-state index is 0.306. The standard InChI is InChI=1S/C20H13N3O2S/c1-2-25-20(24)19-23-17-11-22-10-16(18(17)26-19)15-8-7-12(9-21)13-5-3-4-6-14(13)15/h3-8,10-11H,2H2,1H3. The smallest absolute Gasteiger partial charge is 0.367 e. The van der Waals surface area contributed by atoms with Crippen molar-refractivity contribution in [2.24, 2.45) is 0 Å². The first-order valence-corrected chi connectivity index (χ1v) is 8.88. The third-order valence-electron chi connectivity index (χ3n) is 4.08. The number of ether oxygens (including phenoxy) is 1. The van der Waals surface area contributed by atoms with Gasteiger partial charge in [0, 0.05) is 17.1 Å². The van der Waals surface area contributed by atoms with Crippen LogP contribution in [-0.4, -0.2) is 22.5 Å². The van der Waals surface area contributed by atoms with Gasteiger partial charge in [0.05, 0.1) is 29.1 Å². The summed E-state index contributed by atoms with van der Waals surface area (Å²) < 4.78 is 5.93. The Kier molecular flexibility index (Phi) is 4.07. The highest BCUT2D eigenvalue weighted by atomic mass is 32.1. The van der Waals surface area contributed by atoms with Gasteiger partial charge in [-0.1, -0.05) is 30.3 Å². The molecule has 5 nitrogen and oxygen atoms in total. The van der Waals surface area contributed by atoms with E-state index < -0.39 is 5.97 Å². The number of fused-ring (bicyclic) bond motifs is 2. The van der Waals surface area contributed by atoms with Gasteiger partial charge in [-0.15, -0.1) is 11.3 Å². The summed E-state index contributed by atoms with van der Waals surface area (Å²) in [5, 5.41) is 11.5. The van der Waals surface area contributed by atoms with Crippen LogP contribution in [0.15, 0.2) is 48.8 Å². The summed E-state index contributed by atoms with van der Waals surface area (Å²) in [6.07, 6.45) is 3.41. The van der Waals surface area contributed by atoms with Gasteiger partial charge in [-0.25, -0.2) is 9.78 Å². The average Bonchev–Trinajstić information content (AvgIpc) is 3.12. The zero-order chi connectivity index (χ0) is 18.1. The van der Waals surface area contributed by atoms with Crippen LogP contribution in [0.1, 0.15) is 22.3 Å². The highest BCUT2D eigenvalue weighted by molar-refractivity contribution is 7.20. The Labute approximate surface area is 153 Å². The maximum Gasteiger partial charge on any atom is 0.367 e. The van der Waals surface area contributed by atoms with Crippen LogP contribution < -0.4 is 0 Å². The molecule has 6 heteroatoms. The van der Waals surface area contributed by atoms with Crippen molar-refractivity contribution in [2.75, 3.05) is 6.61 Å². The van der Waals surface area contributed by atoms with Gasteiger partial charge >= 0.3 is 5.97 Å². The highest BCUT2D eigenvalue weighted by Gasteiger charge is 2.17. The molecule has 0 N–H and O–H groups in total. The molecule has 0 aliphatic carbocycles. The van der Waals surface area contributed by atoms with Crippen LogP contribution in [0, 0.1) is 11.3 Å². The molecule has 2 aromatic heterocycles. The van der Waals surface area contributed by atoms with Gasteiger partial charge in [-0.05, 0) is 23.9 Å². The fraction of sp³-hybridized carbons (Fsp3) is 0.100. The lowest BCUT2D eigenvalue weighted by molar-refractivity contribution is 0.0526. The summed E-state index contributed by atoms with van der Waals surface area (Å²) >= 11 is 1.29. The number of aromatic nitrogens is 2. The number of esters is 1. The number of carbonyl (C=O) groups is 1. The predicted molar refractivity (Wildman–Crippen MR) is 101 cm³/mol. The SMILES string of the molecule is CCOC(=O)c1nc2cncc(-c3ccc(C#N)c4ccccc34)c2s1. The van der Waals surface area contributed by atoms with Crippen LogP contribution in [0.2, 0.25) is 0 Å². The van der Waals surface area contributed by atoms with Crippen molar-refractivity contribution in [3.05, 3.63) is 59.4 Å². The quantitative estimate of drug-likeness (QED) is 0.501. The minimum atomic E-state index is -0.427. The molecule has 0 saturated carbocycles. The van der Waals surface area contributed by atoms with Gasteiger partial charge in [0.2, 0.25) is 5.01 Å². The molecule has 0 aliphatic rings. The molecule has 4 aromatic rings. The molecule has 0 atom stereocenters. The first-order chi connectivity index (χ1) is 12.7. The molecule has 0 bridgehead atoms. The Hall–Kier alpha value is -3.30. The van der Waals surface area contributed by atoms with E-state index in [2.05, 4.69) is 16.0 Å². The summed E-state index contributed by atoms with van der Waals surface area (Å²) in [6, 6.07) is 13.7. The number of nitriles is 1. The summed E-state index contributed by atoms with van der Waals surface area (Å²) in [5.74, 6) is -0.427. The molecule has 0 saturated heterocycles. The number of thiazole rings is 1. The largest absolute Gasteiger partial charge is 0.461 e. The maximum atomic E-state index is 12.0. The van der Waals surface area contributed by atoms with E-state index in [0.29, 0.717) is 22.7 Å². The molecule has 0 amide bonds. The Morgan fingerprint density at radius 2 is 1.96 bits per heavy atom. The zero-order valence-corrected chi connectivity index (χ0v) is 14.7. The van der Waals surface area contributed by atoms with Crippen LogP contribution in [0.25, 0.3) is 32.1 Å². The van der Waals surface area contributed by atoms with Crippen molar-refractivity contribution < 1.29 is 9.53 Å². The third-order valence-corrected chi connectivity index (χ3v) is 5.17. The maximum absolute atomic E-state index is 12.0. The normalized spacial score (nSPS) is 10.8. The summed E-state index contributed by atoms with van der Waals surface area (Å²) in [5.41, 5.74) is 3.12. The van der Waals surface area contributed by atoms with Gasteiger partial charge in [-0.2, -0.15) is 5.26 Å². The van der Waals surface area contributed by atoms with Crippen LogP contribution in [0.5, 0.6) is 0 Å². The van der Waals surface area contributed by atoms with E-state index in [0.717, 1.165) is 26.6 Å². The first-order valence-electron chi connectivity index (χ1n) is 8.06. The van der Waals surface area contributed by atoms with Crippen LogP contribution >= 0.6 is 11.3 Å². The fourth-order valence-corrected chi connectivity index (χ4v) is 3.91. The number of hydrogen-bond donors (Lipinski definition) is 0. The van der Waals surface area contributed by atoms with E-state index in [1.165, 1.54) is 11.3 Å². The van der Waals surface area contributed by atoms with E-state index in [4.69, 9.17) is 4.74 Å². The lowest BCUT2D eigenvalue weighted by Gasteiger charge is -2.08. The molecule has 0 radical (unpaired) electrons. The van der Waals surface area contributed by atoms with Crippen molar-refractivity contribution in [3.63, 3.8) is 0 Å². The van der Waals surface area contributed by atoms with Crippen molar-refractivity contribution >= 4 is 38.3 Å². The Bertz CT molecular complexity index is 1190. The highest BCUT2D eigenvalue weighted by Crippen LogP contribution is 2.37. The topological polar surface area (TPSA) is 75.9 Å². The first kappa shape index (κ1) is 16.2. The molecular weight excluding hydrogens is 346 g/mol. The Balaban J connectivity index is 1.97. The summed E-state index contributed by atoms with van der Waals surface area (Å²) in [4.78, 5) is 20.7. The second-order valence-electron chi connectivity index (χ2n) is 5.59. The molecule has 126 valence electrons. The molecule has 4 rings (SSSR count). The number of nitrogens with zero attached hydrogens (tertiary/aromatic N) is 3. The second kappa shape index (κ2) is 6.54. The van der Waals surface area contributed by atoms with Gasteiger partial charge < -0.3 is 4.74 Å². The van der Waals surface area contributed by atoms with E-state index in [1.807, 2.05) is 36.4 Å². The zero-order valence-electron chi connectivity index (χ0n) is 13.9. The number of rotatable bonds is 3. The van der Waals surface area contributed by atoms with Crippen molar-refractivity contribution in [3.8, 4) is 17.2 Å². The number of carbonyl (C=O) groups excluding carboxylic acids is 1. The number of pyridine rings is 1. The fourth-order valence-electron chi connectivity index (χ4n) is 2.96. The average molecular weight is 359 g/mol. The molecule has 0 unspecified atom stereocenters. The van der Waals surface area contributed by atoms with Crippen LogP contribution in [-0.2, 0) is 4.74 Å². The second-order valence-corrected chi connectivity index (χ2v) is 6.59. The molecular formula is C20H13N3O2S. The summed E-state index contributed by atoms with van der Waals surface area (Å²) in [6.45, 7) is 2.07. The third kappa shape index (κ3) is 2.59. The molecule has 0 fully saturated rings. The molecule has 0 aliphatic heterocycles. The lowest BCUT2D eigenvalue weighted by Crippen LogP contribution is -2.03. The van der Waals surface area contributed by atoms with Gasteiger partial charge in [0.25, 0.3) is 0 Å². The van der Waals surface area contributed by atoms with E-state index in [1.54, 1.807) is 19.3 Å². The van der Waals surface area contributed by atoms with Gasteiger partial charge in [0.15, 0.2) is 0 Å².